The summed E-state index contributed by atoms with van der Waals surface area (Å²) in [5.74, 6) is 4.93. The molecule has 0 aliphatic heterocycles. The maximum absolute atomic E-state index is 5.06. The Balaban J connectivity index is 0.000000284. The van der Waals surface area contributed by atoms with Crippen molar-refractivity contribution in [2.75, 3.05) is 0 Å². The minimum absolute atomic E-state index is 0. The molecule has 0 N–H and O–H groups in total. The van der Waals surface area contributed by atoms with Gasteiger partial charge in [0.25, 0.3) is 0 Å². The summed E-state index contributed by atoms with van der Waals surface area (Å²) in [6.07, 6.45) is 16.8. The standard InChI is InChI=1S/2C7H5N.Ru/c2*1-2-7-4-3-5-8-6-7;/h2*1,3-6H;. The molecule has 2 rings (SSSR count). The molecule has 3 heteroatoms. The summed E-state index contributed by atoms with van der Waals surface area (Å²) in [6, 6.07) is 7.31. The Morgan fingerprint density at radius 2 is 1.24 bits per heavy atom. The third-order valence-corrected chi connectivity index (χ3v) is 1.66. The van der Waals surface area contributed by atoms with Crippen molar-refractivity contribution >= 4 is 0 Å². The molecule has 0 atom stereocenters. The molecule has 0 radical (unpaired) electrons. The minimum atomic E-state index is 0. The maximum Gasteiger partial charge on any atom is 0.0426 e. The van der Waals surface area contributed by atoms with Crippen LogP contribution in [0.5, 0.6) is 0 Å². The monoisotopic (exact) mass is 308 g/mol. The van der Waals surface area contributed by atoms with E-state index in [1.165, 1.54) is 0 Å². The van der Waals surface area contributed by atoms with E-state index in [0.717, 1.165) is 11.1 Å². The van der Waals surface area contributed by atoms with Crippen LogP contribution in [0.15, 0.2) is 49.1 Å². The average Bonchev–Trinajstić information content (AvgIpc) is 2.41. The van der Waals surface area contributed by atoms with Gasteiger partial charge in [0.2, 0.25) is 0 Å². The smallest absolute Gasteiger partial charge is 0.0426 e. The van der Waals surface area contributed by atoms with E-state index in [0.29, 0.717) is 0 Å². The molecule has 0 aliphatic rings. The van der Waals surface area contributed by atoms with Crippen molar-refractivity contribution in [3.63, 3.8) is 0 Å². The van der Waals surface area contributed by atoms with Crippen LogP contribution in [0, 0.1) is 24.7 Å². The third kappa shape index (κ3) is 6.26. The summed E-state index contributed by atoms with van der Waals surface area (Å²) in [4.78, 5) is 7.63. The Hall–Kier alpha value is -1.96. The first-order valence-electron chi connectivity index (χ1n) is 4.60. The molecule has 0 spiro atoms. The second-order valence-corrected chi connectivity index (χ2v) is 2.77. The molecule has 2 aromatic heterocycles. The number of pyridine rings is 2. The first-order valence-corrected chi connectivity index (χ1v) is 4.60. The van der Waals surface area contributed by atoms with Crippen molar-refractivity contribution in [2.24, 2.45) is 0 Å². The van der Waals surface area contributed by atoms with Gasteiger partial charge in [-0.05, 0) is 24.3 Å². The van der Waals surface area contributed by atoms with Crippen molar-refractivity contribution in [3.05, 3.63) is 60.2 Å². The number of aromatic nitrogens is 2. The van der Waals surface area contributed by atoms with E-state index in [1.807, 2.05) is 24.3 Å². The van der Waals surface area contributed by atoms with Crippen LogP contribution in [-0.4, -0.2) is 9.97 Å². The summed E-state index contributed by atoms with van der Waals surface area (Å²) in [6.45, 7) is 0. The van der Waals surface area contributed by atoms with Gasteiger partial charge in [-0.2, -0.15) is 0 Å². The van der Waals surface area contributed by atoms with E-state index in [-0.39, 0.29) is 19.5 Å². The summed E-state index contributed by atoms with van der Waals surface area (Å²) in [7, 11) is 0. The van der Waals surface area contributed by atoms with E-state index in [2.05, 4.69) is 21.8 Å². The topological polar surface area (TPSA) is 25.8 Å². The molecule has 0 saturated carbocycles. The van der Waals surface area contributed by atoms with Crippen LogP contribution in [0.3, 0.4) is 0 Å². The second kappa shape index (κ2) is 9.28. The molecule has 84 valence electrons. The Labute approximate surface area is 114 Å². The first-order chi connectivity index (χ1) is 7.86. The minimum Gasteiger partial charge on any atom is -0.263 e. The van der Waals surface area contributed by atoms with Crippen molar-refractivity contribution in [3.8, 4) is 24.7 Å². The number of hydrogen-bond donors (Lipinski definition) is 0. The van der Waals surface area contributed by atoms with Gasteiger partial charge in [-0.15, -0.1) is 12.8 Å². The average molecular weight is 307 g/mol. The van der Waals surface area contributed by atoms with Crippen LogP contribution in [0.2, 0.25) is 0 Å². The van der Waals surface area contributed by atoms with Gasteiger partial charge in [-0.3, -0.25) is 9.97 Å². The maximum atomic E-state index is 5.06. The quantitative estimate of drug-likeness (QED) is 0.550. The van der Waals surface area contributed by atoms with Crippen molar-refractivity contribution in [1.82, 2.24) is 9.97 Å². The zero-order valence-corrected chi connectivity index (χ0v) is 10.8. The summed E-state index contributed by atoms with van der Waals surface area (Å²) in [5, 5.41) is 0. The van der Waals surface area contributed by atoms with Crippen molar-refractivity contribution in [2.45, 2.75) is 0 Å². The SMILES string of the molecule is C#Cc1cccnc1.C#Cc1cccnc1.[Ru]. The molecule has 0 unspecified atom stereocenters. The van der Waals surface area contributed by atoms with Gasteiger partial charge >= 0.3 is 0 Å². The van der Waals surface area contributed by atoms with E-state index in [1.54, 1.807) is 24.8 Å². The fourth-order valence-corrected chi connectivity index (χ4v) is 0.896. The van der Waals surface area contributed by atoms with E-state index in [9.17, 15) is 0 Å². The molecule has 0 saturated heterocycles. The number of rotatable bonds is 0. The van der Waals surface area contributed by atoms with Crippen LogP contribution >= 0.6 is 0 Å². The van der Waals surface area contributed by atoms with Gasteiger partial charge in [-0.25, -0.2) is 0 Å². The molecule has 17 heavy (non-hydrogen) atoms. The number of terminal acetylenes is 2. The van der Waals surface area contributed by atoms with Crippen LogP contribution in [-0.2, 0) is 19.5 Å². The predicted octanol–water partition coefficient (Wildman–Crippen LogP) is 2.12. The number of nitrogens with zero attached hydrogens (tertiary/aromatic N) is 2. The van der Waals surface area contributed by atoms with Crippen LogP contribution < -0.4 is 0 Å². The number of hydrogen-bond acceptors (Lipinski definition) is 2. The summed E-state index contributed by atoms with van der Waals surface area (Å²) in [5.41, 5.74) is 1.65. The van der Waals surface area contributed by atoms with Gasteiger partial charge in [-0.1, -0.05) is 11.8 Å². The summed E-state index contributed by atoms with van der Waals surface area (Å²) < 4.78 is 0. The molecular weight excluding hydrogens is 297 g/mol. The molecule has 0 amide bonds. The van der Waals surface area contributed by atoms with Gasteiger partial charge in [0.1, 0.15) is 0 Å². The van der Waals surface area contributed by atoms with Gasteiger partial charge in [0.05, 0.1) is 0 Å². The molecule has 2 nitrogen and oxygen atoms in total. The van der Waals surface area contributed by atoms with Crippen molar-refractivity contribution < 1.29 is 19.5 Å². The Morgan fingerprint density at radius 3 is 1.41 bits per heavy atom. The van der Waals surface area contributed by atoms with Gasteiger partial charge in [0, 0.05) is 55.4 Å². The van der Waals surface area contributed by atoms with Gasteiger partial charge in [0.15, 0.2) is 0 Å². The second-order valence-electron chi connectivity index (χ2n) is 2.77. The fourth-order valence-electron chi connectivity index (χ4n) is 0.896. The molecule has 0 aromatic carbocycles. The first kappa shape index (κ1) is 15.0. The Bertz CT molecular complexity index is 446. The Kier molecular flexibility index (Phi) is 8.21. The summed E-state index contributed by atoms with van der Waals surface area (Å²) >= 11 is 0. The largest absolute Gasteiger partial charge is 0.263 e. The zero-order valence-electron chi connectivity index (χ0n) is 9.02. The third-order valence-electron chi connectivity index (χ3n) is 1.66. The van der Waals surface area contributed by atoms with Crippen LogP contribution in [0.1, 0.15) is 11.1 Å². The molecule has 0 aliphatic carbocycles. The molecular formula is C14H10N2Ru. The fraction of sp³-hybridized carbons (Fsp3) is 0. The van der Waals surface area contributed by atoms with E-state index < -0.39 is 0 Å². The van der Waals surface area contributed by atoms with E-state index >= 15 is 0 Å². The molecule has 0 bridgehead atoms. The van der Waals surface area contributed by atoms with Gasteiger partial charge < -0.3 is 0 Å². The predicted molar refractivity (Wildman–Crippen MR) is 64.3 cm³/mol. The van der Waals surface area contributed by atoms with Crippen molar-refractivity contribution in [1.29, 1.82) is 0 Å². The van der Waals surface area contributed by atoms with Crippen LogP contribution in [0.4, 0.5) is 0 Å². The Morgan fingerprint density at radius 1 is 0.824 bits per heavy atom. The molecule has 0 fully saturated rings. The normalized spacial score (nSPS) is 7.41. The molecule has 2 aromatic rings. The van der Waals surface area contributed by atoms with Crippen LogP contribution in [0.25, 0.3) is 0 Å². The van der Waals surface area contributed by atoms with E-state index in [4.69, 9.17) is 12.8 Å². The molecule has 2 heterocycles. The zero-order chi connectivity index (χ0) is 11.6.